The smallest absolute Gasteiger partial charge is 0.266 e. The number of ether oxygens (including phenoxy) is 1. The van der Waals surface area contributed by atoms with E-state index in [1.165, 1.54) is 11.8 Å². The molecule has 0 saturated carbocycles. The standard InChI is InChI=1S/C27H21ClN2O2S2/c28-21-10-12-22(13-11-21)32-15-14-29-18-20(23-8-4-5-9-24(23)29)16-25-26(31)30(27(33)34-25)17-19-6-2-1-3-7-19/h1-13,16,18H,14-15,17H2. The zero-order valence-corrected chi connectivity index (χ0v) is 20.6. The number of hydrogen-bond donors (Lipinski definition) is 0. The van der Waals surface area contributed by atoms with Crippen molar-refractivity contribution in [3.05, 3.63) is 106 Å². The third kappa shape index (κ3) is 4.89. The fourth-order valence-electron chi connectivity index (χ4n) is 3.91. The van der Waals surface area contributed by atoms with Crippen molar-refractivity contribution in [2.75, 3.05) is 6.61 Å². The van der Waals surface area contributed by atoms with Crippen molar-refractivity contribution < 1.29 is 9.53 Å². The molecule has 0 aliphatic carbocycles. The second kappa shape index (κ2) is 10.1. The molecule has 1 aliphatic heterocycles. The summed E-state index contributed by atoms with van der Waals surface area (Å²) in [5.74, 6) is 0.727. The van der Waals surface area contributed by atoms with Crippen molar-refractivity contribution in [1.82, 2.24) is 9.47 Å². The molecule has 0 radical (unpaired) electrons. The average molecular weight is 505 g/mol. The predicted octanol–water partition coefficient (Wildman–Crippen LogP) is 6.78. The molecule has 1 fully saturated rings. The fourth-order valence-corrected chi connectivity index (χ4v) is 5.28. The van der Waals surface area contributed by atoms with Gasteiger partial charge in [-0.3, -0.25) is 9.69 Å². The third-order valence-corrected chi connectivity index (χ3v) is 7.21. The molecule has 3 aromatic carbocycles. The molecule has 4 aromatic rings. The predicted molar refractivity (Wildman–Crippen MR) is 144 cm³/mol. The molecule has 1 aromatic heterocycles. The fraction of sp³-hybridized carbons (Fsp3) is 0.111. The van der Waals surface area contributed by atoms with Gasteiger partial charge in [0.05, 0.1) is 18.0 Å². The van der Waals surface area contributed by atoms with Crippen LogP contribution in [0.25, 0.3) is 17.0 Å². The summed E-state index contributed by atoms with van der Waals surface area (Å²) in [6.07, 6.45) is 4.02. The van der Waals surface area contributed by atoms with Crippen LogP contribution in [0.4, 0.5) is 0 Å². The Morgan fingerprint density at radius 2 is 1.71 bits per heavy atom. The second-order valence-electron chi connectivity index (χ2n) is 7.85. The highest BCUT2D eigenvalue weighted by Gasteiger charge is 2.32. The summed E-state index contributed by atoms with van der Waals surface area (Å²) in [6, 6.07) is 25.4. The quantitative estimate of drug-likeness (QED) is 0.205. The molecule has 5 rings (SSSR count). The minimum absolute atomic E-state index is 0.0539. The van der Waals surface area contributed by atoms with Gasteiger partial charge in [0.2, 0.25) is 0 Å². The Labute approximate surface area is 212 Å². The molecule has 0 atom stereocenters. The molecule has 4 nitrogen and oxygen atoms in total. The monoisotopic (exact) mass is 504 g/mol. The van der Waals surface area contributed by atoms with Crippen LogP contribution >= 0.6 is 35.6 Å². The number of carbonyl (C=O) groups excluding carboxylic acids is 1. The van der Waals surface area contributed by atoms with E-state index in [1.807, 2.05) is 72.8 Å². The zero-order valence-electron chi connectivity index (χ0n) is 18.2. The summed E-state index contributed by atoms with van der Waals surface area (Å²) in [6.45, 7) is 1.66. The number of benzene rings is 3. The highest BCUT2D eigenvalue weighted by atomic mass is 35.5. The van der Waals surface area contributed by atoms with Crippen LogP contribution in [0, 0.1) is 0 Å². The van der Waals surface area contributed by atoms with E-state index in [0.29, 0.717) is 33.9 Å². The number of halogens is 1. The lowest BCUT2D eigenvalue weighted by Crippen LogP contribution is -2.27. The Kier molecular flexibility index (Phi) is 6.72. The van der Waals surface area contributed by atoms with Crippen LogP contribution < -0.4 is 4.74 Å². The van der Waals surface area contributed by atoms with E-state index in [-0.39, 0.29) is 5.91 Å². The van der Waals surface area contributed by atoms with Gasteiger partial charge in [0.15, 0.2) is 0 Å². The van der Waals surface area contributed by atoms with Crippen molar-refractivity contribution in [2.24, 2.45) is 0 Å². The summed E-state index contributed by atoms with van der Waals surface area (Å²) < 4.78 is 8.62. The summed E-state index contributed by atoms with van der Waals surface area (Å²) in [5.41, 5.74) is 3.13. The number of amides is 1. The lowest BCUT2D eigenvalue weighted by Gasteiger charge is -2.14. The maximum atomic E-state index is 13.1. The summed E-state index contributed by atoms with van der Waals surface area (Å²) in [4.78, 5) is 15.4. The Balaban J connectivity index is 1.36. The number of thioether (sulfide) groups is 1. The van der Waals surface area contributed by atoms with Gasteiger partial charge in [-0.1, -0.05) is 84.1 Å². The molecule has 1 saturated heterocycles. The Morgan fingerprint density at radius 1 is 0.971 bits per heavy atom. The Morgan fingerprint density at radius 3 is 2.50 bits per heavy atom. The first-order valence-electron chi connectivity index (χ1n) is 10.8. The van der Waals surface area contributed by atoms with E-state index in [0.717, 1.165) is 27.8 Å². The lowest BCUT2D eigenvalue weighted by molar-refractivity contribution is -0.122. The number of fused-ring (bicyclic) bond motifs is 1. The first-order chi connectivity index (χ1) is 16.6. The number of nitrogens with zero attached hydrogens (tertiary/aromatic N) is 2. The molecule has 1 aliphatic rings. The van der Waals surface area contributed by atoms with Crippen LogP contribution in [0.5, 0.6) is 5.75 Å². The topological polar surface area (TPSA) is 34.5 Å². The Bertz CT molecular complexity index is 1380. The maximum Gasteiger partial charge on any atom is 0.266 e. The molecule has 34 heavy (non-hydrogen) atoms. The molecular weight excluding hydrogens is 484 g/mol. The van der Waals surface area contributed by atoms with Crippen LogP contribution in [0.1, 0.15) is 11.1 Å². The van der Waals surface area contributed by atoms with Gasteiger partial charge in [-0.25, -0.2) is 0 Å². The number of para-hydroxylation sites is 1. The molecule has 1 amide bonds. The van der Waals surface area contributed by atoms with Crippen molar-refractivity contribution in [3.8, 4) is 5.75 Å². The minimum Gasteiger partial charge on any atom is -0.492 e. The molecule has 0 bridgehead atoms. The van der Waals surface area contributed by atoms with Gasteiger partial charge in [0.1, 0.15) is 16.7 Å². The van der Waals surface area contributed by atoms with Crippen molar-refractivity contribution in [2.45, 2.75) is 13.1 Å². The van der Waals surface area contributed by atoms with Crippen LogP contribution in [-0.4, -0.2) is 26.3 Å². The van der Waals surface area contributed by atoms with Crippen molar-refractivity contribution in [3.63, 3.8) is 0 Å². The van der Waals surface area contributed by atoms with E-state index < -0.39 is 0 Å². The second-order valence-corrected chi connectivity index (χ2v) is 9.96. The van der Waals surface area contributed by atoms with E-state index >= 15 is 0 Å². The summed E-state index contributed by atoms with van der Waals surface area (Å²) in [5, 5.41) is 1.77. The van der Waals surface area contributed by atoms with Crippen LogP contribution in [0.15, 0.2) is 90.0 Å². The summed E-state index contributed by atoms with van der Waals surface area (Å²) in [7, 11) is 0. The molecule has 0 spiro atoms. The highest BCUT2D eigenvalue weighted by molar-refractivity contribution is 8.26. The number of thiocarbonyl (C=S) groups is 1. The van der Waals surface area contributed by atoms with E-state index in [9.17, 15) is 4.79 Å². The van der Waals surface area contributed by atoms with E-state index in [2.05, 4.69) is 22.9 Å². The first-order valence-corrected chi connectivity index (χ1v) is 12.4. The SMILES string of the molecule is O=C1C(=Cc2cn(CCOc3ccc(Cl)cc3)c3ccccc23)SC(=S)N1Cc1ccccc1. The summed E-state index contributed by atoms with van der Waals surface area (Å²) >= 11 is 12.8. The van der Waals surface area contributed by atoms with Crippen molar-refractivity contribution in [1.29, 1.82) is 0 Å². The number of aromatic nitrogens is 1. The largest absolute Gasteiger partial charge is 0.492 e. The average Bonchev–Trinajstić information content (AvgIpc) is 3.33. The number of carbonyl (C=O) groups is 1. The van der Waals surface area contributed by atoms with Gasteiger partial charge >= 0.3 is 0 Å². The molecule has 7 heteroatoms. The maximum absolute atomic E-state index is 13.1. The van der Waals surface area contributed by atoms with Crippen molar-refractivity contribution >= 4 is 62.8 Å². The molecule has 0 N–H and O–H groups in total. The number of rotatable bonds is 7. The molecule has 0 unspecified atom stereocenters. The van der Waals surface area contributed by atoms with Crippen LogP contribution in [0.3, 0.4) is 0 Å². The zero-order chi connectivity index (χ0) is 23.5. The van der Waals surface area contributed by atoms with Gasteiger partial charge < -0.3 is 9.30 Å². The van der Waals surface area contributed by atoms with E-state index in [1.54, 1.807) is 4.90 Å². The number of hydrogen-bond acceptors (Lipinski definition) is 4. The van der Waals surface area contributed by atoms with Gasteiger partial charge in [0, 0.05) is 27.7 Å². The minimum atomic E-state index is -0.0539. The van der Waals surface area contributed by atoms with Gasteiger partial charge in [-0.15, -0.1) is 0 Å². The van der Waals surface area contributed by atoms with E-state index in [4.69, 9.17) is 28.6 Å². The van der Waals surface area contributed by atoms with Gasteiger partial charge in [-0.2, -0.15) is 0 Å². The third-order valence-electron chi connectivity index (χ3n) is 5.58. The molecule has 2 heterocycles. The Hall–Kier alpha value is -3.06. The lowest BCUT2D eigenvalue weighted by atomic mass is 10.1. The highest BCUT2D eigenvalue weighted by Crippen LogP contribution is 2.35. The van der Waals surface area contributed by atoms with Crippen LogP contribution in [-0.2, 0) is 17.9 Å². The molecular formula is C27H21ClN2O2S2. The normalized spacial score (nSPS) is 15.0. The van der Waals surface area contributed by atoms with Gasteiger partial charge in [-0.05, 0) is 42.0 Å². The molecule has 170 valence electrons. The first kappa shape index (κ1) is 22.7. The van der Waals surface area contributed by atoms with Crippen LogP contribution in [0.2, 0.25) is 5.02 Å². The van der Waals surface area contributed by atoms with Gasteiger partial charge in [0.25, 0.3) is 5.91 Å².